The lowest BCUT2D eigenvalue weighted by molar-refractivity contribution is 0.428. The molecule has 0 aromatic heterocycles. The number of halogens is 6. The minimum absolute atomic E-state index is 0.689. The van der Waals surface area contributed by atoms with Gasteiger partial charge in [-0.05, 0) is 6.08 Å². The van der Waals surface area contributed by atoms with Crippen molar-refractivity contribution in [1.29, 1.82) is 0 Å². The summed E-state index contributed by atoms with van der Waals surface area (Å²) >= 11 is 34.5. The second kappa shape index (κ2) is 3.45. The summed E-state index contributed by atoms with van der Waals surface area (Å²) in [7, 11) is 0. The molecule has 0 amide bonds. The zero-order valence-electron chi connectivity index (χ0n) is 5.45. The van der Waals surface area contributed by atoms with Crippen LogP contribution in [-0.2, 0) is 0 Å². The van der Waals surface area contributed by atoms with Crippen LogP contribution in [0.3, 0.4) is 0 Å². The van der Waals surface area contributed by atoms with Crippen LogP contribution in [0.1, 0.15) is 0 Å². The quantitative estimate of drug-likeness (QED) is 0.372. The molecule has 0 saturated heterocycles. The summed E-state index contributed by atoms with van der Waals surface area (Å²) < 4.78 is -2.22. The van der Waals surface area contributed by atoms with E-state index in [1.54, 1.807) is 0 Å². The maximum atomic E-state index is 5.80. The fourth-order valence-electron chi connectivity index (χ4n) is 0.674. The summed E-state index contributed by atoms with van der Waals surface area (Å²) in [6.45, 7) is 0. The van der Waals surface area contributed by atoms with Gasteiger partial charge in [-0.25, -0.2) is 0 Å². The Morgan fingerprint density at radius 2 is 1.67 bits per heavy atom. The van der Waals surface area contributed by atoms with Gasteiger partial charge in [0.05, 0.1) is 5.38 Å². The molecular formula is C5H3Cl6N. The molecule has 70 valence electrons. The maximum absolute atomic E-state index is 5.80. The van der Waals surface area contributed by atoms with Crippen molar-refractivity contribution >= 4 is 69.8 Å². The molecule has 1 unspecified atom stereocenters. The van der Waals surface area contributed by atoms with E-state index in [0.29, 0.717) is 0 Å². The van der Waals surface area contributed by atoms with Gasteiger partial charge in [0, 0.05) is 18.0 Å². The number of alkyl halides is 5. The van der Waals surface area contributed by atoms with Crippen LogP contribution in [0.2, 0.25) is 0 Å². The van der Waals surface area contributed by atoms with E-state index in [1.165, 1.54) is 12.3 Å². The van der Waals surface area contributed by atoms with Crippen molar-refractivity contribution < 1.29 is 0 Å². The molecule has 1 aliphatic rings. The predicted molar refractivity (Wildman–Crippen MR) is 55.3 cm³/mol. The van der Waals surface area contributed by atoms with Gasteiger partial charge in [0.1, 0.15) is 0 Å². The first-order chi connectivity index (χ1) is 5.30. The predicted octanol–water partition coefficient (Wildman–Crippen LogP) is 3.88. The Balaban J connectivity index is 3.07. The highest BCUT2D eigenvalue weighted by molar-refractivity contribution is 6.65. The number of rotatable bonds is 0. The van der Waals surface area contributed by atoms with E-state index in [0.717, 1.165) is 4.42 Å². The monoisotopic (exact) mass is 287 g/mol. The van der Waals surface area contributed by atoms with E-state index in [9.17, 15) is 0 Å². The van der Waals surface area contributed by atoms with Gasteiger partial charge in [0.2, 0.25) is 4.46 Å². The van der Waals surface area contributed by atoms with E-state index in [4.69, 9.17) is 69.8 Å². The van der Waals surface area contributed by atoms with Crippen LogP contribution in [-0.4, -0.2) is 18.6 Å². The average molecular weight is 290 g/mol. The van der Waals surface area contributed by atoms with Crippen LogP contribution in [0, 0.1) is 0 Å². The topological polar surface area (TPSA) is 3.24 Å². The van der Waals surface area contributed by atoms with Gasteiger partial charge >= 0.3 is 0 Å². The lowest BCUT2D eigenvalue weighted by Gasteiger charge is -2.41. The third kappa shape index (κ3) is 1.60. The van der Waals surface area contributed by atoms with E-state index in [1.807, 2.05) is 0 Å². The van der Waals surface area contributed by atoms with Crippen molar-refractivity contribution in [3.63, 3.8) is 0 Å². The summed E-state index contributed by atoms with van der Waals surface area (Å²) in [4.78, 5) is 0. The molecule has 0 saturated carbocycles. The lowest BCUT2D eigenvalue weighted by Crippen LogP contribution is -2.52. The Labute approximate surface area is 100 Å². The van der Waals surface area contributed by atoms with Crippen molar-refractivity contribution in [2.75, 3.05) is 0 Å². The zero-order valence-corrected chi connectivity index (χ0v) is 9.98. The molecular weight excluding hydrogens is 287 g/mol. The number of allylic oxidation sites excluding steroid dienone is 1. The first kappa shape index (κ1) is 11.4. The van der Waals surface area contributed by atoms with Gasteiger partial charge in [-0.3, -0.25) is 4.42 Å². The van der Waals surface area contributed by atoms with Crippen molar-refractivity contribution in [1.82, 2.24) is 4.42 Å². The zero-order chi connectivity index (χ0) is 9.57. The molecule has 0 aromatic carbocycles. The molecule has 1 heterocycles. The molecule has 1 aliphatic heterocycles. The van der Waals surface area contributed by atoms with Gasteiger partial charge in [-0.2, -0.15) is 0 Å². The van der Waals surface area contributed by atoms with Gasteiger partial charge in [0.15, 0.2) is 4.33 Å². The first-order valence-corrected chi connectivity index (χ1v) is 5.12. The standard InChI is InChI=1S/C5H3Cl6N/c6-3-1-2-12(11)5(9,10)4(3,7)8/h1-3H. The summed E-state index contributed by atoms with van der Waals surface area (Å²) in [6, 6.07) is 0. The van der Waals surface area contributed by atoms with E-state index in [2.05, 4.69) is 0 Å². The average Bonchev–Trinajstić information content (AvgIpc) is 1.96. The molecule has 0 spiro atoms. The van der Waals surface area contributed by atoms with E-state index >= 15 is 0 Å². The van der Waals surface area contributed by atoms with Gasteiger partial charge in [0.25, 0.3) is 0 Å². The van der Waals surface area contributed by atoms with Gasteiger partial charge in [-0.15, -0.1) is 11.6 Å². The fourth-order valence-corrected chi connectivity index (χ4v) is 1.97. The normalized spacial score (nSPS) is 32.2. The summed E-state index contributed by atoms with van der Waals surface area (Å²) in [5.74, 6) is 0. The van der Waals surface area contributed by atoms with E-state index in [-0.39, 0.29) is 0 Å². The van der Waals surface area contributed by atoms with Gasteiger partial charge < -0.3 is 0 Å². The molecule has 0 aromatic rings. The summed E-state index contributed by atoms with van der Waals surface area (Å²) in [6.07, 6.45) is 2.90. The van der Waals surface area contributed by atoms with Crippen molar-refractivity contribution in [2.45, 2.75) is 14.2 Å². The lowest BCUT2D eigenvalue weighted by atomic mass is 10.2. The Hall–Kier alpha value is 1.28. The smallest absolute Gasteiger partial charge is 0.238 e. The highest BCUT2D eigenvalue weighted by atomic mass is 35.5. The number of hydrogen-bond donors (Lipinski definition) is 0. The van der Waals surface area contributed by atoms with E-state index < -0.39 is 14.2 Å². The number of hydrogen-bond acceptors (Lipinski definition) is 1. The molecule has 0 fully saturated rings. The number of nitrogens with zero attached hydrogens (tertiary/aromatic N) is 1. The first-order valence-electron chi connectivity index (χ1n) is 2.83. The molecule has 1 nitrogen and oxygen atoms in total. The third-order valence-electron chi connectivity index (χ3n) is 1.40. The van der Waals surface area contributed by atoms with Crippen molar-refractivity contribution in [3.8, 4) is 0 Å². The van der Waals surface area contributed by atoms with Crippen LogP contribution in [0.4, 0.5) is 0 Å². The molecule has 1 atom stereocenters. The van der Waals surface area contributed by atoms with Crippen LogP contribution in [0.25, 0.3) is 0 Å². The minimum atomic E-state index is -1.64. The molecule has 0 bridgehead atoms. The Morgan fingerprint density at radius 3 is 2.08 bits per heavy atom. The summed E-state index contributed by atoms with van der Waals surface area (Å²) in [5.41, 5.74) is 0. The highest BCUT2D eigenvalue weighted by Crippen LogP contribution is 2.52. The molecule has 12 heavy (non-hydrogen) atoms. The molecule has 0 radical (unpaired) electrons. The van der Waals surface area contributed by atoms with Crippen LogP contribution in [0.15, 0.2) is 12.3 Å². The molecule has 0 aliphatic carbocycles. The second-order valence-electron chi connectivity index (χ2n) is 2.22. The van der Waals surface area contributed by atoms with Crippen molar-refractivity contribution in [2.24, 2.45) is 0 Å². The minimum Gasteiger partial charge on any atom is -0.255 e. The van der Waals surface area contributed by atoms with Crippen LogP contribution < -0.4 is 0 Å². The Kier molecular flexibility index (Phi) is 3.27. The van der Waals surface area contributed by atoms with Crippen molar-refractivity contribution in [3.05, 3.63) is 12.3 Å². The SMILES string of the molecule is ClC1C=CN(Cl)C(Cl)(Cl)C1(Cl)Cl. The highest BCUT2D eigenvalue weighted by Gasteiger charge is 2.56. The molecule has 7 heteroatoms. The fraction of sp³-hybridized carbons (Fsp3) is 0.600. The Morgan fingerprint density at radius 1 is 1.17 bits per heavy atom. The summed E-state index contributed by atoms with van der Waals surface area (Å²) in [5, 5.41) is -0.689. The largest absolute Gasteiger partial charge is 0.255 e. The molecule has 1 rings (SSSR count). The van der Waals surface area contributed by atoms with Crippen LogP contribution >= 0.6 is 69.8 Å². The Bertz CT molecular complexity index is 190. The molecule has 0 N–H and O–H groups in total. The van der Waals surface area contributed by atoms with Crippen LogP contribution in [0.5, 0.6) is 0 Å². The van der Waals surface area contributed by atoms with Gasteiger partial charge in [-0.1, -0.05) is 46.4 Å². The third-order valence-corrected chi connectivity index (χ3v) is 5.00. The maximum Gasteiger partial charge on any atom is 0.238 e. The second-order valence-corrected chi connectivity index (χ2v) is 5.73.